The second-order valence-corrected chi connectivity index (χ2v) is 4.55. The van der Waals surface area contributed by atoms with Gasteiger partial charge in [0.1, 0.15) is 6.61 Å². The minimum atomic E-state index is -0.283. The van der Waals surface area contributed by atoms with Gasteiger partial charge < -0.3 is 14.7 Å². The molecule has 4 heteroatoms. The van der Waals surface area contributed by atoms with Crippen molar-refractivity contribution in [2.45, 2.75) is 25.5 Å². The van der Waals surface area contributed by atoms with E-state index in [-0.39, 0.29) is 18.7 Å². The third-order valence-corrected chi connectivity index (χ3v) is 3.20. The summed E-state index contributed by atoms with van der Waals surface area (Å²) < 4.78 is 5.31. The maximum absolute atomic E-state index is 12.0. The molecule has 0 spiro atoms. The summed E-state index contributed by atoms with van der Waals surface area (Å²) >= 11 is 0. The molecule has 1 aliphatic rings. The van der Waals surface area contributed by atoms with E-state index in [4.69, 9.17) is 9.84 Å². The molecule has 1 aromatic rings. The molecule has 0 aromatic heterocycles. The maximum Gasteiger partial charge on any atom is 0.410 e. The number of nitrogens with zero attached hydrogens (tertiary/aromatic N) is 1. The second kappa shape index (κ2) is 6.95. The minimum Gasteiger partial charge on any atom is -0.445 e. The van der Waals surface area contributed by atoms with E-state index < -0.39 is 0 Å². The van der Waals surface area contributed by atoms with Gasteiger partial charge in [0, 0.05) is 6.54 Å². The Morgan fingerprint density at radius 2 is 2.21 bits per heavy atom. The van der Waals surface area contributed by atoms with E-state index in [1.807, 2.05) is 36.4 Å². The number of rotatable bonds is 4. The van der Waals surface area contributed by atoms with Crippen molar-refractivity contribution in [3.63, 3.8) is 0 Å². The first-order valence-electron chi connectivity index (χ1n) is 6.56. The number of hydrogen-bond donors (Lipinski definition) is 1. The highest BCUT2D eigenvalue weighted by Crippen LogP contribution is 2.19. The zero-order valence-electron chi connectivity index (χ0n) is 10.9. The molecule has 0 unspecified atom stereocenters. The van der Waals surface area contributed by atoms with Crippen LogP contribution in [-0.2, 0) is 11.3 Å². The molecule has 0 bridgehead atoms. The molecule has 19 heavy (non-hydrogen) atoms. The number of aliphatic hydroxyl groups is 1. The lowest BCUT2D eigenvalue weighted by molar-refractivity contribution is 0.0974. The van der Waals surface area contributed by atoms with E-state index in [0.717, 1.165) is 18.4 Å². The summed E-state index contributed by atoms with van der Waals surface area (Å²) in [6, 6.07) is 9.69. The Balaban J connectivity index is 1.87. The zero-order valence-corrected chi connectivity index (χ0v) is 10.9. The van der Waals surface area contributed by atoms with Crippen molar-refractivity contribution in [2.24, 2.45) is 0 Å². The average Bonchev–Trinajstić information content (AvgIpc) is 2.92. The van der Waals surface area contributed by atoms with Crippen molar-refractivity contribution in [2.75, 3.05) is 13.2 Å². The van der Waals surface area contributed by atoms with Gasteiger partial charge in [-0.3, -0.25) is 0 Å². The fourth-order valence-corrected chi connectivity index (χ4v) is 2.24. The Kier molecular flexibility index (Phi) is 4.98. The van der Waals surface area contributed by atoms with Crippen LogP contribution < -0.4 is 0 Å². The van der Waals surface area contributed by atoms with Gasteiger partial charge in [0.05, 0.1) is 12.6 Å². The third kappa shape index (κ3) is 3.83. The Labute approximate surface area is 113 Å². The predicted octanol–water partition coefficient (Wildman–Crippen LogP) is 2.34. The van der Waals surface area contributed by atoms with Crippen LogP contribution in [0.4, 0.5) is 4.79 Å². The van der Waals surface area contributed by atoms with Crippen LogP contribution in [-0.4, -0.2) is 35.3 Å². The summed E-state index contributed by atoms with van der Waals surface area (Å²) in [7, 11) is 0. The van der Waals surface area contributed by atoms with Crippen LogP contribution >= 0.6 is 0 Å². The molecule has 1 heterocycles. The molecule has 102 valence electrons. The van der Waals surface area contributed by atoms with Crippen molar-refractivity contribution >= 4 is 6.09 Å². The van der Waals surface area contributed by atoms with Gasteiger partial charge in [-0.25, -0.2) is 4.79 Å². The van der Waals surface area contributed by atoms with E-state index in [2.05, 4.69) is 0 Å². The number of benzene rings is 1. The lowest BCUT2D eigenvalue weighted by Gasteiger charge is -2.21. The molecule has 1 fully saturated rings. The van der Waals surface area contributed by atoms with Gasteiger partial charge in [0.25, 0.3) is 0 Å². The van der Waals surface area contributed by atoms with Gasteiger partial charge in [0.15, 0.2) is 0 Å². The topological polar surface area (TPSA) is 49.8 Å². The lowest BCUT2D eigenvalue weighted by atomic mass is 10.2. The number of ether oxygens (including phenoxy) is 1. The predicted molar refractivity (Wildman–Crippen MR) is 72.6 cm³/mol. The van der Waals surface area contributed by atoms with Gasteiger partial charge in [-0.05, 0) is 18.4 Å². The SMILES string of the molecule is O=C(OCc1ccccc1)N1CCC[C@@H]1/C=C\CO. The Bertz CT molecular complexity index is 430. The number of carbonyl (C=O) groups is 1. The fourth-order valence-electron chi connectivity index (χ4n) is 2.24. The first kappa shape index (κ1) is 13.6. The Morgan fingerprint density at radius 1 is 1.42 bits per heavy atom. The van der Waals surface area contributed by atoms with Crippen LogP contribution in [0.2, 0.25) is 0 Å². The van der Waals surface area contributed by atoms with Gasteiger partial charge in [-0.1, -0.05) is 42.5 Å². The molecule has 0 aliphatic carbocycles. The largest absolute Gasteiger partial charge is 0.445 e. The molecule has 0 saturated carbocycles. The van der Waals surface area contributed by atoms with Crippen LogP contribution in [0.15, 0.2) is 42.5 Å². The molecular formula is C15H19NO3. The molecule has 1 aliphatic heterocycles. The summed E-state index contributed by atoms with van der Waals surface area (Å²) in [6.45, 7) is 1.02. The van der Waals surface area contributed by atoms with E-state index in [9.17, 15) is 4.79 Å². The second-order valence-electron chi connectivity index (χ2n) is 4.55. The zero-order chi connectivity index (χ0) is 13.5. The van der Waals surface area contributed by atoms with Gasteiger partial charge in [0.2, 0.25) is 0 Å². The minimum absolute atomic E-state index is 0.00338. The van der Waals surface area contributed by atoms with Crippen LogP contribution in [0, 0.1) is 0 Å². The Hall–Kier alpha value is -1.81. The lowest BCUT2D eigenvalue weighted by Crippen LogP contribution is -2.34. The van der Waals surface area contributed by atoms with Crippen LogP contribution in [0.25, 0.3) is 0 Å². The van der Waals surface area contributed by atoms with E-state index >= 15 is 0 Å². The molecule has 1 saturated heterocycles. The van der Waals surface area contributed by atoms with Crippen LogP contribution in [0.5, 0.6) is 0 Å². The summed E-state index contributed by atoms with van der Waals surface area (Å²) in [5.74, 6) is 0. The highest BCUT2D eigenvalue weighted by atomic mass is 16.6. The molecule has 1 atom stereocenters. The quantitative estimate of drug-likeness (QED) is 0.846. The van der Waals surface area contributed by atoms with Crippen molar-refractivity contribution in [3.05, 3.63) is 48.0 Å². The molecule has 0 radical (unpaired) electrons. The smallest absolute Gasteiger partial charge is 0.410 e. The molecule has 4 nitrogen and oxygen atoms in total. The summed E-state index contributed by atoms with van der Waals surface area (Å²) in [5, 5.41) is 8.78. The van der Waals surface area contributed by atoms with Crippen molar-refractivity contribution < 1.29 is 14.6 Å². The third-order valence-electron chi connectivity index (χ3n) is 3.20. The number of carbonyl (C=O) groups excluding carboxylic acids is 1. The fraction of sp³-hybridized carbons (Fsp3) is 0.400. The monoisotopic (exact) mass is 261 g/mol. The molecule has 1 N–H and O–H groups in total. The number of amides is 1. The standard InChI is InChI=1S/C15H19NO3/c17-11-5-9-14-8-4-10-16(14)15(18)19-12-13-6-2-1-3-7-13/h1-3,5-7,9,14,17H,4,8,10-12H2/b9-5-/t14-/m1/s1. The molecule has 1 aromatic carbocycles. The average molecular weight is 261 g/mol. The van der Waals surface area contributed by atoms with Gasteiger partial charge in [-0.15, -0.1) is 0 Å². The molecule has 1 amide bonds. The van der Waals surface area contributed by atoms with Gasteiger partial charge in [-0.2, -0.15) is 0 Å². The van der Waals surface area contributed by atoms with Gasteiger partial charge >= 0.3 is 6.09 Å². The molecular weight excluding hydrogens is 242 g/mol. The number of aliphatic hydroxyl groups excluding tert-OH is 1. The van der Waals surface area contributed by atoms with Crippen molar-refractivity contribution in [3.8, 4) is 0 Å². The summed E-state index contributed by atoms with van der Waals surface area (Å²) in [6.07, 6.45) is 5.16. The van der Waals surface area contributed by atoms with E-state index in [0.29, 0.717) is 13.2 Å². The summed E-state index contributed by atoms with van der Waals surface area (Å²) in [5.41, 5.74) is 0.984. The maximum atomic E-state index is 12.0. The highest BCUT2D eigenvalue weighted by molar-refractivity contribution is 5.68. The summed E-state index contributed by atoms with van der Waals surface area (Å²) in [4.78, 5) is 13.7. The van der Waals surface area contributed by atoms with Crippen LogP contribution in [0.3, 0.4) is 0 Å². The first-order chi connectivity index (χ1) is 9.31. The van der Waals surface area contributed by atoms with E-state index in [1.54, 1.807) is 11.0 Å². The first-order valence-corrected chi connectivity index (χ1v) is 6.56. The number of likely N-dealkylation sites (tertiary alicyclic amines) is 1. The highest BCUT2D eigenvalue weighted by Gasteiger charge is 2.27. The molecule has 2 rings (SSSR count). The van der Waals surface area contributed by atoms with Crippen LogP contribution in [0.1, 0.15) is 18.4 Å². The van der Waals surface area contributed by atoms with E-state index in [1.165, 1.54) is 0 Å². The Morgan fingerprint density at radius 3 is 2.95 bits per heavy atom. The normalized spacial score (nSPS) is 19.0. The van der Waals surface area contributed by atoms with Crippen molar-refractivity contribution in [1.82, 2.24) is 4.90 Å². The number of hydrogen-bond acceptors (Lipinski definition) is 3. The van der Waals surface area contributed by atoms with Crippen molar-refractivity contribution in [1.29, 1.82) is 0 Å².